The number of aromatic nitrogens is 2. The molecular formula is C15H28BrN3. The summed E-state index contributed by atoms with van der Waals surface area (Å²) in [4.78, 5) is 0. The molecule has 0 amide bonds. The minimum atomic E-state index is 0.220. The maximum atomic E-state index is 6.11. The quantitative estimate of drug-likeness (QED) is 0.781. The van der Waals surface area contributed by atoms with Gasteiger partial charge in [-0.2, -0.15) is 5.10 Å². The Morgan fingerprint density at radius 3 is 2.47 bits per heavy atom. The second kappa shape index (κ2) is 7.44. The van der Waals surface area contributed by atoms with Crippen LogP contribution in [0.2, 0.25) is 0 Å². The molecule has 0 aromatic carbocycles. The van der Waals surface area contributed by atoms with Crippen molar-refractivity contribution in [3.05, 3.63) is 15.9 Å². The first-order chi connectivity index (χ1) is 9.03. The van der Waals surface area contributed by atoms with Crippen LogP contribution in [0.25, 0.3) is 0 Å². The zero-order valence-electron chi connectivity index (χ0n) is 12.8. The number of hydrogen-bond donors (Lipinski definition) is 1. The van der Waals surface area contributed by atoms with Crippen LogP contribution in [0.1, 0.15) is 57.8 Å². The van der Waals surface area contributed by atoms with E-state index < -0.39 is 0 Å². The molecule has 4 heteroatoms. The van der Waals surface area contributed by atoms with Crippen LogP contribution >= 0.6 is 15.9 Å². The molecule has 0 aliphatic carbocycles. The molecule has 2 N–H and O–H groups in total. The normalized spacial score (nSPS) is 14.6. The van der Waals surface area contributed by atoms with Crippen molar-refractivity contribution < 1.29 is 0 Å². The molecule has 1 heterocycles. The maximum absolute atomic E-state index is 6.11. The smallest absolute Gasteiger partial charge is 0.0738 e. The molecule has 1 rings (SSSR count). The molecule has 110 valence electrons. The van der Waals surface area contributed by atoms with E-state index in [9.17, 15) is 0 Å². The number of rotatable bonds is 8. The van der Waals surface area contributed by atoms with Gasteiger partial charge in [-0.25, -0.2) is 0 Å². The van der Waals surface area contributed by atoms with Gasteiger partial charge in [-0.15, -0.1) is 0 Å². The highest BCUT2D eigenvalue weighted by Gasteiger charge is 2.29. The zero-order valence-corrected chi connectivity index (χ0v) is 14.4. The first-order valence-corrected chi connectivity index (χ1v) is 8.24. The van der Waals surface area contributed by atoms with E-state index in [1.165, 1.54) is 25.0 Å². The lowest BCUT2D eigenvalue weighted by Gasteiger charge is -2.32. The van der Waals surface area contributed by atoms with Gasteiger partial charge in [0.15, 0.2) is 0 Å². The third kappa shape index (κ3) is 3.82. The van der Waals surface area contributed by atoms with Gasteiger partial charge in [-0.3, -0.25) is 4.68 Å². The van der Waals surface area contributed by atoms with Crippen LogP contribution in [0.15, 0.2) is 4.47 Å². The summed E-state index contributed by atoms with van der Waals surface area (Å²) in [6.45, 7) is 10.4. The Balaban J connectivity index is 3.02. The molecule has 0 bridgehead atoms. The molecule has 0 aliphatic rings. The lowest BCUT2D eigenvalue weighted by Crippen LogP contribution is -2.33. The molecule has 0 saturated carbocycles. The molecule has 19 heavy (non-hydrogen) atoms. The first-order valence-electron chi connectivity index (χ1n) is 7.45. The lowest BCUT2D eigenvalue weighted by molar-refractivity contribution is 0.244. The van der Waals surface area contributed by atoms with E-state index in [1.54, 1.807) is 0 Å². The molecule has 0 radical (unpaired) electrons. The molecule has 3 nitrogen and oxygen atoms in total. The Labute approximate surface area is 126 Å². The summed E-state index contributed by atoms with van der Waals surface area (Å²) in [5.41, 5.74) is 8.72. The van der Waals surface area contributed by atoms with E-state index in [-0.39, 0.29) is 5.41 Å². The Morgan fingerprint density at radius 1 is 1.32 bits per heavy atom. The van der Waals surface area contributed by atoms with Crippen LogP contribution in [-0.4, -0.2) is 16.3 Å². The number of hydrogen-bond acceptors (Lipinski definition) is 2. The molecule has 0 saturated heterocycles. The largest absolute Gasteiger partial charge is 0.330 e. The SMILES string of the molecule is CCCCC(CC)(CN)Cc1c(Br)c(C)nn1CC. The molecule has 1 atom stereocenters. The summed E-state index contributed by atoms with van der Waals surface area (Å²) in [5, 5.41) is 4.59. The van der Waals surface area contributed by atoms with Gasteiger partial charge in [0.05, 0.1) is 15.9 Å². The Bertz CT molecular complexity index is 394. The van der Waals surface area contributed by atoms with Crippen LogP contribution in [0.4, 0.5) is 0 Å². The topological polar surface area (TPSA) is 43.8 Å². The minimum absolute atomic E-state index is 0.220. The summed E-state index contributed by atoms with van der Waals surface area (Å²) in [7, 11) is 0. The van der Waals surface area contributed by atoms with Crippen molar-refractivity contribution in [2.75, 3.05) is 6.54 Å². The Kier molecular flexibility index (Phi) is 6.54. The Morgan fingerprint density at radius 2 is 2.00 bits per heavy atom. The average molecular weight is 330 g/mol. The van der Waals surface area contributed by atoms with Crippen molar-refractivity contribution in [2.24, 2.45) is 11.1 Å². The fraction of sp³-hybridized carbons (Fsp3) is 0.800. The summed E-state index contributed by atoms with van der Waals surface area (Å²) >= 11 is 3.70. The van der Waals surface area contributed by atoms with Gasteiger partial charge in [0.25, 0.3) is 0 Å². The highest BCUT2D eigenvalue weighted by atomic mass is 79.9. The van der Waals surface area contributed by atoms with Crippen LogP contribution < -0.4 is 5.73 Å². The van der Waals surface area contributed by atoms with Crippen LogP contribution in [0.5, 0.6) is 0 Å². The van der Waals surface area contributed by atoms with Crippen molar-refractivity contribution >= 4 is 15.9 Å². The number of unbranched alkanes of at least 4 members (excludes halogenated alkanes) is 1. The zero-order chi connectivity index (χ0) is 14.5. The van der Waals surface area contributed by atoms with Gasteiger partial charge >= 0.3 is 0 Å². The fourth-order valence-corrected chi connectivity index (χ4v) is 3.08. The maximum Gasteiger partial charge on any atom is 0.0738 e. The van der Waals surface area contributed by atoms with Crippen molar-refractivity contribution in [3.8, 4) is 0 Å². The van der Waals surface area contributed by atoms with Gasteiger partial charge in [-0.05, 0) is 61.0 Å². The van der Waals surface area contributed by atoms with Crippen molar-refractivity contribution in [1.82, 2.24) is 9.78 Å². The second-order valence-electron chi connectivity index (χ2n) is 5.50. The molecule has 0 spiro atoms. The van der Waals surface area contributed by atoms with Crippen molar-refractivity contribution in [2.45, 2.75) is 66.3 Å². The molecule has 0 aliphatic heterocycles. The monoisotopic (exact) mass is 329 g/mol. The van der Waals surface area contributed by atoms with Gasteiger partial charge in [0.2, 0.25) is 0 Å². The first kappa shape index (κ1) is 16.7. The summed E-state index contributed by atoms with van der Waals surface area (Å²) in [5.74, 6) is 0. The highest BCUT2D eigenvalue weighted by molar-refractivity contribution is 9.10. The van der Waals surface area contributed by atoms with Crippen LogP contribution in [0.3, 0.4) is 0 Å². The van der Waals surface area contributed by atoms with E-state index in [0.29, 0.717) is 0 Å². The van der Waals surface area contributed by atoms with E-state index >= 15 is 0 Å². The second-order valence-corrected chi connectivity index (χ2v) is 6.29. The van der Waals surface area contributed by atoms with Crippen molar-refractivity contribution in [1.29, 1.82) is 0 Å². The number of halogens is 1. The number of aryl methyl sites for hydroxylation is 2. The van der Waals surface area contributed by atoms with Crippen LogP contribution in [0, 0.1) is 12.3 Å². The van der Waals surface area contributed by atoms with Gasteiger partial charge < -0.3 is 5.73 Å². The number of nitrogens with two attached hydrogens (primary N) is 1. The molecule has 1 unspecified atom stereocenters. The Hall–Kier alpha value is -0.350. The van der Waals surface area contributed by atoms with E-state index in [1.807, 2.05) is 0 Å². The standard InChI is InChI=1S/C15H28BrN3/c1-5-8-9-15(6-2,11-17)10-13-14(16)12(4)18-19(13)7-3/h5-11,17H2,1-4H3. The molecule has 0 fully saturated rings. The van der Waals surface area contributed by atoms with Gasteiger partial charge in [0, 0.05) is 6.54 Å². The highest BCUT2D eigenvalue weighted by Crippen LogP contribution is 2.35. The van der Waals surface area contributed by atoms with E-state index in [2.05, 4.69) is 53.4 Å². The molecule has 1 aromatic heterocycles. The van der Waals surface area contributed by atoms with Crippen LogP contribution in [-0.2, 0) is 13.0 Å². The minimum Gasteiger partial charge on any atom is -0.330 e. The summed E-state index contributed by atoms with van der Waals surface area (Å²) in [6, 6.07) is 0. The third-order valence-corrected chi connectivity index (χ3v) is 5.27. The lowest BCUT2D eigenvalue weighted by atomic mass is 9.76. The average Bonchev–Trinajstić information content (AvgIpc) is 2.70. The predicted molar refractivity (Wildman–Crippen MR) is 85.3 cm³/mol. The van der Waals surface area contributed by atoms with Gasteiger partial charge in [0.1, 0.15) is 0 Å². The third-order valence-electron chi connectivity index (χ3n) is 4.24. The van der Waals surface area contributed by atoms with Crippen molar-refractivity contribution in [3.63, 3.8) is 0 Å². The predicted octanol–water partition coefficient (Wildman–Crippen LogP) is 4.06. The summed E-state index contributed by atoms with van der Waals surface area (Å²) in [6.07, 6.45) is 5.84. The summed E-state index contributed by atoms with van der Waals surface area (Å²) < 4.78 is 3.28. The van der Waals surface area contributed by atoms with E-state index in [4.69, 9.17) is 5.73 Å². The van der Waals surface area contributed by atoms with Gasteiger partial charge in [-0.1, -0.05) is 26.7 Å². The van der Waals surface area contributed by atoms with E-state index in [0.717, 1.165) is 36.1 Å². The molecular weight excluding hydrogens is 302 g/mol. The fourth-order valence-electron chi connectivity index (χ4n) is 2.65. The number of nitrogens with zero attached hydrogens (tertiary/aromatic N) is 2. The molecule has 1 aromatic rings.